The summed E-state index contributed by atoms with van der Waals surface area (Å²) in [4.78, 5) is 29.3. The molecule has 0 unspecified atom stereocenters. The zero-order valence-electron chi connectivity index (χ0n) is 15.9. The molecule has 1 atom stereocenters. The number of hydrogen-bond donors (Lipinski definition) is 0. The fraction of sp³-hybridized carbons (Fsp3) is 0.348. The molecule has 2 aromatic carbocycles. The van der Waals surface area contributed by atoms with E-state index in [4.69, 9.17) is 4.74 Å². The Kier molecular flexibility index (Phi) is 5.53. The van der Waals surface area contributed by atoms with Crippen LogP contribution >= 0.6 is 11.3 Å². The van der Waals surface area contributed by atoms with Gasteiger partial charge >= 0.3 is 5.97 Å². The smallest absolute Gasteiger partial charge is 0.306 e. The van der Waals surface area contributed by atoms with Crippen LogP contribution in [0.3, 0.4) is 0 Å². The molecule has 1 aliphatic rings. The maximum atomic E-state index is 12.6. The first-order valence-corrected chi connectivity index (χ1v) is 10.6. The van der Waals surface area contributed by atoms with Gasteiger partial charge in [0, 0.05) is 12.0 Å². The number of hydrogen-bond acceptors (Lipinski definition) is 5. The fourth-order valence-corrected chi connectivity index (χ4v) is 4.69. The summed E-state index contributed by atoms with van der Waals surface area (Å²) in [6.45, 7) is 1.65. The Morgan fingerprint density at radius 3 is 2.82 bits per heavy atom. The first-order chi connectivity index (χ1) is 13.6. The number of carbonyl (C=O) groups excluding carboxylic acids is 2. The van der Waals surface area contributed by atoms with Gasteiger partial charge in [-0.1, -0.05) is 24.3 Å². The van der Waals surface area contributed by atoms with Crippen LogP contribution in [0.15, 0.2) is 42.5 Å². The molecule has 4 nitrogen and oxygen atoms in total. The highest BCUT2D eigenvalue weighted by Crippen LogP contribution is 2.24. The van der Waals surface area contributed by atoms with Gasteiger partial charge in [-0.3, -0.25) is 9.59 Å². The number of para-hydroxylation sites is 1. The molecule has 28 heavy (non-hydrogen) atoms. The molecule has 1 aliphatic carbocycles. The number of rotatable bonds is 7. The molecule has 3 aromatic rings. The quantitative estimate of drug-likeness (QED) is 0.422. The summed E-state index contributed by atoms with van der Waals surface area (Å²) in [6.07, 6.45) is 4.19. The van der Waals surface area contributed by atoms with E-state index in [1.54, 1.807) is 18.3 Å². The van der Waals surface area contributed by atoms with Crippen molar-refractivity contribution >= 4 is 33.3 Å². The highest BCUT2D eigenvalue weighted by atomic mass is 32.1. The molecule has 0 fully saturated rings. The predicted octanol–water partition coefficient (Wildman–Crippen LogP) is 4.92. The van der Waals surface area contributed by atoms with Crippen LogP contribution < -0.4 is 0 Å². The molecular weight excluding hydrogens is 370 g/mol. The second-order valence-corrected chi connectivity index (χ2v) is 8.38. The van der Waals surface area contributed by atoms with Crippen molar-refractivity contribution in [2.45, 2.75) is 51.6 Å². The third-order valence-corrected chi connectivity index (χ3v) is 6.27. The van der Waals surface area contributed by atoms with E-state index in [-0.39, 0.29) is 18.2 Å². The number of ether oxygens (including phenoxy) is 1. The fourth-order valence-electron chi connectivity index (χ4n) is 3.68. The normalized spacial score (nSPS) is 14.0. The van der Waals surface area contributed by atoms with E-state index in [0.29, 0.717) is 12.0 Å². The minimum absolute atomic E-state index is 0.130. The molecule has 0 saturated heterocycles. The Morgan fingerprint density at radius 2 is 1.96 bits per heavy atom. The van der Waals surface area contributed by atoms with Gasteiger partial charge in [0.2, 0.25) is 5.78 Å². The summed E-state index contributed by atoms with van der Waals surface area (Å²) < 4.78 is 6.54. The molecule has 0 amide bonds. The van der Waals surface area contributed by atoms with Gasteiger partial charge in [0.1, 0.15) is 0 Å². The van der Waals surface area contributed by atoms with Crippen LogP contribution in [0.1, 0.15) is 52.7 Å². The van der Waals surface area contributed by atoms with Crippen LogP contribution in [-0.2, 0) is 28.8 Å². The zero-order valence-corrected chi connectivity index (χ0v) is 16.8. The molecule has 0 saturated carbocycles. The van der Waals surface area contributed by atoms with E-state index in [1.807, 2.05) is 36.4 Å². The Labute approximate surface area is 168 Å². The zero-order chi connectivity index (χ0) is 19.5. The molecule has 1 heterocycles. The van der Waals surface area contributed by atoms with Crippen LogP contribution in [0.5, 0.6) is 0 Å². The van der Waals surface area contributed by atoms with Crippen molar-refractivity contribution in [2.24, 2.45) is 0 Å². The van der Waals surface area contributed by atoms with E-state index in [9.17, 15) is 9.59 Å². The van der Waals surface area contributed by atoms with Crippen molar-refractivity contribution in [3.63, 3.8) is 0 Å². The first kappa shape index (κ1) is 18.8. The third-order valence-electron chi connectivity index (χ3n) is 5.17. The second kappa shape index (κ2) is 8.23. The van der Waals surface area contributed by atoms with E-state index in [2.05, 4.69) is 11.1 Å². The number of thiazole rings is 1. The molecule has 1 aromatic heterocycles. The second-order valence-electron chi connectivity index (χ2n) is 7.26. The van der Waals surface area contributed by atoms with Gasteiger partial charge < -0.3 is 4.74 Å². The number of fused-ring (bicyclic) bond motifs is 2. The molecular formula is C23H23NO3S. The number of nitrogens with zero attached hydrogens (tertiary/aromatic N) is 1. The van der Waals surface area contributed by atoms with Crippen LogP contribution in [0, 0.1) is 0 Å². The maximum Gasteiger partial charge on any atom is 0.306 e. The van der Waals surface area contributed by atoms with Crippen molar-refractivity contribution in [1.82, 2.24) is 4.98 Å². The summed E-state index contributed by atoms with van der Waals surface area (Å²) in [5.41, 5.74) is 4.21. The largest absolute Gasteiger partial charge is 0.454 e. The Hall–Kier alpha value is -2.53. The standard InChI is InChI=1S/C23H23NO3S/c1-15(23(26)18-13-12-16-6-4-7-17(16)14-18)27-22(25)11-5-10-21-24-19-8-2-3-9-20(19)28-21/h2-3,8-9,12-15H,4-7,10-11H2,1H3/t15-/m1/s1. The maximum absolute atomic E-state index is 12.6. The Morgan fingerprint density at radius 1 is 1.14 bits per heavy atom. The van der Waals surface area contributed by atoms with Gasteiger partial charge in [-0.05, 0) is 68.4 Å². The number of ketones is 1. The highest BCUT2D eigenvalue weighted by Gasteiger charge is 2.21. The van der Waals surface area contributed by atoms with E-state index < -0.39 is 6.10 Å². The predicted molar refractivity (Wildman–Crippen MR) is 111 cm³/mol. The Balaban J connectivity index is 1.27. The summed E-state index contributed by atoms with van der Waals surface area (Å²) in [5, 5.41) is 1.02. The minimum Gasteiger partial charge on any atom is -0.454 e. The molecule has 0 radical (unpaired) electrons. The van der Waals surface area contributed by atoms with Gasteiger partial charge in [0.05, 0.1) is 15.2 Å². The lowest BCUT2D eigenvalue weighted by molar-refractivity contribution is -0.146. The number of carbonyl (C=O) groups is 2. The minimum atomic E-state index is -0.755. The topological polar surface area (TPSA) is 56.3 Å². The summed E-state index contributed by atoms with van der Waals surface area (Å²) in [6, 6.07) is 13.9. The van der Waals surface area contributed by atoms with Crippen molar-refractivity contribution in [2.75, 3.05) is 0 Å². The third kappa shape index (κ3) is 4.14. The van der Waals surface area contributed by atoms with Crippen molar-refractivity contribution < 1.29 is 14.3 Å². The SMILES string of the molecule is C[C@@H](OC(=O)CCCc1nc2ccccc2s1)C(=O)c1ccc2c(c1)CCC2. The van der Waals surface area contributed by atoms with Crippen LogP contribution in [0.2, 0.25) is 0 Å². The van der Waals surface area contributed by atoms with Gasteiger partial charge in [0.15, 0.2) is 6.10 Å². The summed E-state index contributed by atoms with van der Waals surface area (Å²) in [5.74, 6) is -0.461. The highest BCUT2D eigenvalue weighted by molar-refractivity contribution is 7.18. The van der Waals surface area contributed by atoms with Crippen LogP contribution in [0.4, 0.5) is 0 Å². The summed E-state index contributed by atoms with van der Waals surface area (Å²) >= 11 is 1.66. The number of Topliss-reactive ketones (excluding diaryl/α,β-unsaturated/α-hetero) is 1. The molecule has 0 aliphatic heterocycles. The van der Waals surface area contributed by atoms with E-state index >= 15 is 0 Å². The lowest BCUT2D eigenvalue weighted by atomic mass is 10.0. The molecule has 0 N–H and O–H groups in total. The van der Waals surface area contributed by atoms with Crippen LogP contribution in [-0.4, -0.2) is 22.8 Å². The molecule has 5 heteroatoms. The van der Waals surface area contributed by atoms with Gasteiger partial charge in [0.25, 0.3) is 0 Å². The average molecular weight is 394 g/mol. The van der Waals surface area contributed by atoms with Gasteiger partial charge in [-0.25, -0.2) is 4.98 Å². The molecule has 144 valence electrons. The lowest BCUT2D eigenvalue weighted by Crippen LogP contribution is -2.24. The van der Waals surface area contributed by atoms with E-state index in [0.717, 1.165) is 40.9 Å². The number of aromatic nitrogens is 1. The average Bonchev–Trinajstić information content (AvgIpc) is 3.32. The number of benzene rings is 2. The van der Waals surface area contributed by atoms with Gasteiger partial charge in [-0.15, -0.1) is 11.3 Å². The van der Waals surface area contributed by atoms with Crippen molar-refractivity contribution in [1.29, 1.82) is 0 Å². The van der Waals surface area contributed by atoms with Crippen LogP contribution in [0.25, 0.3) is 10.2 Å². The summed E-state index contributed by atoms with van der Waals surface area (Å²) in [7, 11) is 0. The molecule has 4 rings (SSSR count). The Bertz CT molecular complexity index is 991. The molecule has 0 spiro atoms. The monoisotopic (exact) mass is 393 g/mol. The molecule has 0 bridgehead atoms. The first-order valence-electron chi connectivity index (χ1n) is 9.80. The van der Waals surface area contributed by atoms with E-state index in [1.165, 1.54) is 11.1 Å². The van der Waals surface area contributed by atoms with Gasteiger partial charge in [-0.2, -0.15) is 0 Å². The number of aryl methyl sites for hydroxylation is 3. The number of esters is 1. The lowest BCUT2D eigenvalue weighted by Gasteiger charge is -2.13. The van der Waals surface area contributed by atoms with Crippen molar-refractivity contribution in [3.05, 3.63) is 64.2 Å². The van der Waals surface area contributed by atoms with Crippen molar-refractivity contribution in [3.8, 4) is 0 Å².